The second-order valence-corrected chi connectivity index (χ2v) is 5.45. The van der Waals surface area contributed by atoms with Crippen LogP contribution in [0.15, 0.2) is 0 Å². The number of hydroxylamine groups is 2. The summed E-state index contributed by atoms with van der Waals surface area (Å²) in [6.07, 6.45) is 7.19. The molecular weight excluding hydrogens is 212 g/mol. The molecule has 2 fully saturated rings. The smallest absolute Gasteiger partial charge is 0.0791 e. The van der Waals surface area contributed by atoms with Crippen molar-refractivity contribution < 1.29 is 9.68 Å². The maximum atomic E-state index is 5.34. The van der Waals surface area contributed by atoms with Gasteiger partial charge in [0, 0.05) is 0 Å². The second kappa shape index (κ2) is 6.70. The van der Waals surface area contributed by atoms with E-state index in [4.69, 9.17) is 9.68 Å². The molecule has 0 radical (unpaired) electrons. The van der Waals surface area contributed by atoms with E-state index < -0.39 is 0 Å². The van der Waals surface area contributed by atoms with Gasteiger partial charge in [-0.05, 0) is 38.5 Å². The van der Waals surface area contributed by atoms with Crippen LogP contribution in [0.4, 0.5) is 0 Å². The first kappa shape index (κ1) is 11.7. The Hall–Kier alpha value is 0.190. The maximum absolute atomic E-state index is 5.34. The molecule has 5 heteroatoms. The van der Waals surface area contributed by atoms with Crippen LogP contribution in [0.2, 0.25) is 0 Å². The van der Waals surface area contributed by atoms with Gasteiger partial charge in [0.15, 0.2) is 0 Å². The highest BCUT2D eigenvalue weighted by Gasteiger charge is 2.19. The van der Waals surface area contributed by atoms with Gasteiger partial charge in [0.1, 0.15) is 0 Å². The van der Waals surface area contributed by atoms with Crippen LogP contribution in [0.25, 0.3) is 0 Å². The lowest BCUT2D eigenvalue weighted by Crippen LogP contribution is -2.32. The first-order valence-electron chi connectivity index (χ1n) is 5.85. The van der Waals surface area contributed by atoms with Gasteiger partial charge >= 0.3 is 0 Å². The van der Waals surface area contributed by atoms with Crippen LogP contribution >= 0.6 is 11.8 Å². The number of rotatable bonds is 2. The molecule has 2 rings (SSSR count). The molecule has 0 bridgehead atoms. The van der Waals surface area contributed by atoms with E-state index in [9.17, 15) is 0 Å². The average Bonchev–Trinajstić information content (AvgIpc) is 2.63. The molecule has 0 aliphatic carbocycles. The normalized spacial score (nSPS) is 34.4. The van der Waals surface area contributed by atoms with Gasteiger partial charge in [-0.25, -0.2) is 0 Å². The topological polar surface area (TPSA) is 42.5 Å². The van der Waals surface area contributed by atoms with E-state index in [1.165, 1.54) is 38.5 Å². The second-order valence-electron chi connectivity index (χ2n) is 4.04. The zero-order chi connectivity index (χ0) is 10.3. The summed E-state index contributed by atoms with van der Waals surface area (Å²) in [5.41, 5.74) is 6.23. The molecule has 4 nitrogen and oxygen atoms in total. The zero-order valence-electron chi connectivity index (χ0n) is 9.04. The van der Waals surface area contributed by atoms with E-state index in [1.807, 2.05) is 11.8 Å². The van der Waals surface area contributed by atoms with Crippen LogP contribution in [0.3, 0.4) is 0 Å². The largest absolute Gasteiger partial charge is 0.301 e. The van der Waals surface area contributed by atoms with Gasteiger partial charge in [0.05, 0.1) is 24.0 Å². The van der Waals surface area contributed by atoms with E-state index in [0.717, 1.165) is 13.2 Å². The fourth-order valence-electron chi connectivity index (χ4n) is 1.82. The van der Waals surface area contributed by atoms with Crippen LogP contribution in [0.1, 0.15) is 38.5 Å². The molecular formula is C10H20N2O2S. The molecule has 88 valence electrons. The van der Waals surface area contributed by atoms with Crippen LogP contribution in [-0.4, -0.2) is 24.0 Å². The molecule has 2 saturated heterocycles. The third-order valence-electron chi connectivity index (χ3n) is 2.68. The summed E-state index contributed by atoms with van der Waals surface area (Å²) >= 11 is 1.90. The van der Waals surface area contributed by atoms with Crippen molar-refractivity contribution in [3.63, 3.8) is 0 Å². The quantitative estimate of drug-likeness (QED) is 0.759. The standard InChI is InChI=1S/C10H20N2O2S/c1-3-7-13-11-9(5-1)15-10-6-2-4-8-14-12-10/h9-12H,1-8H2. The SMILES string of the molecule is C1CCC(SC2CCCCON2)NOC1. The summed E-state index contributed by atoms with van der Waals surface area (Å²) in [6.45, 7) is 1.68. The van der Waals surface area contributed by atoms with E-state index in [2.05, 4.69) is 11.0 Å². The number of hydrogen-bond donors (Lipinski definition) is 2. The average molecular weight is 232 g/mol. The molecule has 2 aliphatic heterocycles. The van der Waals surface area contributed by atoms with Gasteiger partial charge in [0.25, 0.3) is 0 Å². The predicted octanol–water partition coefficient (Wildman–Crippen LogP) is 1.78. The van der Waals surface area contributed by atoms with Crippen molar-refractivity contribution in [3.05, 3.63) is 0 Å². The van der Waals surface area contributed by atoms with E-state index in [-0.39, 0.29) is 0 Å². The molecule has 0 aromatic heterocycles. The Morgan fingerprint density at radius 1 is 0.800 bits per heavy atom. The molecule has 2 atom stereocenters. The molecule has 0 aromatic carbocycles. The lowest BCUT2D eigenvalue weighted by Gasteiger charge is -2.21. The first-order chi connectivity index (χ1) is 7.45. The maximum Gasteiger partial charge on any atom is 0.0791 e. The highest BCUT2D eigenvalue weighted by atomic mass is 32.2. The first-order valence-corrected chi connectivity index (χ1v) is 6.79. The van der Waals surface area contributed by atoms with Crippen LogP contribution in [-0.2, 0) is 9.68 Å². The Labute approximate surface area is 95.4 Å². The Bertz CT molecular complexity index is 149. The summed E-state index contributed by atoms with van der Waals surface area (Å²) in [7, 11) is 0. The van der Waals surface area contributed by atoms with Crippen molar-refractivity contribution in [2.24, 2.45) is 0 Å². The number of nitrogens with one attached hydrogen (secondary N) is 2. The van der Waals surface area contributed by atoms with Crippen molar-refractivity contribution in [3.8, 4) is 0 Å². The lowest BCUT2D eigenvalue weighted by molar-refractivity contribution is 0.0402. The highest BCUT2D eigenvalue weighted by molar-refractivity contribution is 8.00. The monoisotopic (exact) mass is 232 g/mol. The van der Waals surface area contributed by atoms with E-state index in [0.29, 0.717) is 10.7 Å². The van der Waals surface area contributed by atoms with E-state index in [1.54, 1.807) is 0 Å². The van der Waals surface area contributed by atoms with Gasteiger partial charge in [-0.15, -0.1) is 11.8 Å². The molecule has 0 aromatic rings. The summed E-state index contributed by atoms with van der Waals surface area (Å²) in [5.74, 6) is 0. The Kier molecular flexibility index (Phi) is 5.22. The minimum atomic E-state index is 0.409. The van der Waals surface area contributed by atoms with Gasteiger partial charge in [-0.2, -0.15) is 11.0 Å². The minimum absolute atomic E-state index is 0.409. The molecule has 2 aliphatic rings. The molecule has 2 unspecified atom stereocenters. The lowest BCUT2D eigenvalue weighted by atomic mass is 10.2. The van der Waals surface area contributed by atoms with E-state index >= 15 is 0 Å². The van der Waals surface area contributed by atoms with Crippen LogP contribution in [0, 0.1) is 0 Å². The Morgan fingerprint density at radius 2 is 1.33 bits per heavy atom. The van der Waals surface area contributed by atoms with Crippen molar-refractivity contribution in [2.45, 2.75) is 49.3 Å². The molecule has 0 amide bonds. The Morgan fingerprint density at radius 3 is 1.87 bits per heavy atom. The fourth-order valence-corrected chi connectivity index (χ4v) is 3.07. The van der Waals surface area contributed by atoms with Crippen molar-refractivity contribution >= 4 is 11.8 Å². The third kappa shape index (κ3) is 4.28. The molecule has 0 saturated carbocycles. The van der Waals surface area contributed by atoms with Gasteiger partial charge < -0.3 is 9.68 Å². The van der Waals surface area contributed by atoms with Gasteiger partial charge in [-0.1, -0.05) is 0 Å². The predicted molar refractivity (Wildman–Crippen MR) is 61.0 cm³/mol. The summed E-state index contributed by atoms with van der Waals surface area (Å²) in [6, 6.07) is 0. The molecule has 0 spiro atoms. The Balaban J connectivity index is 1.73. The van der Waals surface area contributed by atoms with Crippen molar-refractivity contribution in [1.82, 2.24) is 11.0 Å². The van der Waals surface area contributed by atoms with Gasteiger partial charge in [-0.3, -0.25) is 0 Å². The van der Waals surface area contributed by atoms with Crippen LogP contribution < -0.4 is 11.0 Å². The molecule has 2 N–H and O–H groups in total. The summed E-state index contributed by atoms with van der Waals surface area (Å²) < 4.78 is 0. The zero-order valence-corrected chi connectivity index (χ0v) is 9.85. The summed E-state index contributed by atoms with van der Waals surface area (Å²) in [4.78, 5) is 10.7. The highest BCUT2D eigenvalue weighted by Crippen LogP contribution is 2.25. The number of thioether (sulfide) groups is 1. The summed E-state index contributed by atoms with van der Waals surface area (Å²) in [5, 5.41) is 0.818. The van der Waals surface area contributed by atoms with Crippen molar-refractivity contribution in [1.29, 1.82) is 0 Å². The van der Waals surface area contributed by atoms with Gasteiger partial charge in [0.2, 0.25) is 0 Å². The minimum Gasteiger partial charge on any atom is -0.301 e. The molecule has 2 heterocycles. The van der Waals surface area contributed by atoms with Crippen molar-refractivity contribution in [2.75, 3.05) is 13.2 Å². The third-order valence-corrected chi connectivity index (χ3v) is 4.00. The van der Waals surface area contributed by atoms with Crippen LogP contribution in [0.5, 0.6) is 0 Å². The number of hydrogen-bond acceptors (Lipinski definition) is 5. The molecule has 15 heavy (non-hydrogen) atoms. The fraction of sp³-hybridized carbons (Fsp3) is 1.00.